The van der Waals surface area contributed by atoms with Gasteiger partial charge in [-0.05, 0) is 24.1 Å². The van der Waals surface area contributed by atoms with Gasteiger partial charge >= 0.3 is 0 Å². The molecular weight excluding hydrogens is 216 g/mol. The van der Waals surface area contributed by atoms with Gasteiger partial charge in [0.25, 0.3) is 5.91 Å². The van der Waals surface area contributed by atoms with Crippen LogP contribution in [0.2, 0.25) is 0 Å². The van der Waals surface area contributed by atoms with E-state index in [1.807, 2.05) is 24.3 Å². The van der Waals surface area contributed by atoms with E-state index in [4.69, 9.17) is 10.5 Å². The van der Waals surface area contributed by atoms with E-state index in [9.17, 15) is 4.79 Å². The quantitative estimate of drug-likeness (QED) is 0.773. The molecule has 0 aromatic heterocycles. The number of carbonyl (C=O) groups is 1. The predicted octanol–water partition coefficient (Wildman–Crippen LogP) is 0.953. The van der Waals surface area contributed by atoms with Crippen molar-refractivity contribution in [1.82, 2.24) is 5.32 Å². The highest BCUT2D eigenvalue weighted by atomic mass is 16.5. The first-order valence-corrected chi connectivity index (χ1v) is 5.80. The van der Waals surface area contributed by atoms with Gasteiger partial charge in [0.15, 0.2) is 0 Å². The largest absolute Gasteiger partial charge is 0.383 e. The monoisotopic (exact) mass is 236 g/mol. The van der Waals surface area contributed by atoms with Crippen molar-refractivity contribution < 1.29 is 9.53 Å². The van der Waals surface area contributed by atoms with Gasteiger partial charge in [0.1, 0.15) is 0 Å². The molecule has 0 heterocycles. The second kappa shape index (κ2) is 7.04. The smallest absolute Gasteiger partial charge is 0.251 e. The maximum atomic E-state index is 11.9. The van der Waals surface area contributed by atoms with Crippen molar-refractivity contribution >= 4 is 5.91 Å². The van der Waals surface area contributed by atoms with Crippen LogP contribution in [-0.2, 0) is 11.2 Å². The topological polar surface area (TPSA) is 64.4 Å². The molecule has 0 aliphatic carbocycles. The number of benzene rings is 1. The van der Waals surface area contributed by atoms with Crippen molar-refractivity contribution in [2.45, 2.75) is 19.4 Å². The number of nitrogens with one attached hydrogen (secondary N) is 1. The van der Waals surface area contributed by atoms with Crippen LogP contribution in [-0.4, -0.2) is 32.2 Å². The SMILES string of the molecule is CCc1ccc(C(=O)NC(CN)COC)cc1. The van der Waals surface area contributed by atoms with Gasteiger partial charge in [-0.3, -0.25) is 4.79 Å². The minimum atomic E-state index is -0.140. The summed E-state index contributed by atoms with van der Waals surface area (Å²) in [5.41, 5.74) is 7.40. The van der Waals surface area contributed by atoms with Gasteiger partial charge in [-0.25, -0.2) is 0 Å². The molecule has 1 aromatic rings. The summed E-state index contributed by atoms with van der Waals surface area (Å²) >= 11 is 0. The van der Waals surface area contributed by atoms with Gasteiger partial charge in [0.2, 0.25) is 0 Å². The molecule has 0 aliphatic rings. The molecule has 1 atom stereocenters. The molecule has 3 N–H and O–H groups in total. The van der Waals surface area contributed by atoms with Crippen LogP contribution in [0.4, 0.5) is 0 Å². The maximum Gasteiger partial charge on any atom is 0.251 e. The number of methoxy groups -OCH3 is 1. The Hall–Kier alpha value is -1.39. The third kappa shape index (κ3) is 4.17. The summed E-state index contributed by atoms with van der Waals surface area (Å²) in [6, 6.07) is 7.44. The van der Waals surface area contributed by atoms with Crippen molar-refractivity contribution in [3.05, 3.63) is 35.4 Å². The van der Waals surface area contributed by atoms with Crippen molar-refractivity contribution in [3.8, 4) is 0 Å². The van der Waals surface area contributed by atoms with Crippen molar-refractivity contribution in [2.75, 3.05) is 20.3 Å². The Balaban J connectivity index is 2.62. The zero-order chi connectivity index (χ0) is 12.7. The van der Waals surface area contributed by atoms with Gasteiger partial charge in [-0.15, -0.1) is 0 Å². The van der Waals surface area contributed by atoms with E-state index in [-0.39, 0.29) is 11.9 Å². The van der Waals surface area contributed by atoms with Gasteiger partial charge < -0.3 is 15.8 Å². The molecule has 0 aliphatic heterocycles. The van der Waals surface area contributed by atoms with Crippen LogP contribution in [0.1, 0.15) is 22.8 Å². The Morgan fingerprint density at radius 1 is 1.41 bits per heavy atom. The Morgan fingerprint density at radius 3 is 2.53 bits per heavy atom. The van der Waals surface area contributed by atoms with E-state index in [1.165, 1.54) is 5.56 Å². The fourth-order valence-electron chi connectivity index (χ4n) is 1.53. The lowest BCUT2D eigenvalue weighted by Crippen LogP contribution is -2.43. The molecule has 1 aromatic carbocycles. The minimum Gasteiger partial charge on any atom is -0.383 e. The number of nitrogens with two attached hydrogens (primary N) is 1. The molecule has 4 nitrogen and oxygen atoms in total. The van der Waals surface area contributed by atoms with E-state index in [0.717, 1.165) is 6.42 Å². The Labute approximate surface area is 102 Å². The lowest BCUT2D eigenvalue weighted by Gasteiger charge is -2.15. The van der Waals surface area contributed by atoms with Crippen LogP contribution in [0, 0.1) is 0 Å². The first-order valence-electron chi connectivity index (χ1n) is 5.80. The molecule has 94 valence electrons. The summed E-state index contributed by atoms with van der Waals surface area (Å²) in [6.07, 6.45) is 0.969. The van der Waals surface area contributed by atoms with E-state index in [1.54, 1.807) is 7.11 Å². The lowest BCUT2D eigenvalue weighted by molar-refractivity contribution is 0.0900. The highest BCUT2D eigenvalue weighted by molar-refractivity contribution is 5.94. The van der Waals surface area contributed by atoms with Gasteiger partial charge in [-0.1, -0.05) is 19.1 Å². The van der Waals surface area contributed by atoms with E-state index in [0.29, 0.717) is 18.7 Å². The summed E-state index contributed by atoms with van der Waals surface area (Å²) in [4.78, 5) is 11.9. The molecule has 0 saturated carbocycles. The number of aryl methyl sites for hydroxylation is 1. The maximum absolute atomic E-state index is 11.9. The first kappa shape index (κ1) is 13.7. The summed E-state index contributed by atoms with van der Waals surface area (Å²) in [5.74, 6) is -0.111. The molecule has 0 spiro atoms. The Morgan fingerprint density at radius 2 is 2.06 bits per heavy atom. The number of rotatable bonds is 6. The van der Waals surface area contributed by atoms with E-state index < -0.39 is 0 Å². The third-order valence-corrected chi connectivity index (χ3v) is 2.61. The molecule has 1 amide bonds. The minimum absolute atomic E-state index is 0.111. The summed E-state index contributed by atoms with van der Waals surface area (Å²) < 4.78 is 4.97. The standard InChI is InChI=1S/C13H20N2O2/c1-3-10-4-6-11(7-5-10)13(16)15-12(8-14)9-17-2/h4-7,12H,3,8-9,14H2,1-2H3,(H,15,16). The molecule has 1 rings (SSSR count). The van der Waals surface area contributed by atoms with Crippen molar-refractivity contribution in [1.29, 1.82) is 0 Å². The summed E-state index contributed by atoms with van der Waals surface area (Å²) in [7, 11) is 1.59. The molecule has 1 unspecified atom stereocenters. The lowest BCUT2D eigenvalue weighted by atomic mass is 10.1. The summed E-state index contributed by atoms with van der Waals surface area (Å²) in [5, 5.41) is 2.83. The number of hydrogen-bond acceptors (Lipinski definition) is 3. The average molecular weight is 236 g/mol. The van der Waals surface area contributed by atoms with Gasteiger partial charge in [0.05, 0.1) is 12.6 Å². The fourth-order valence-corrected chi connectivity index (χ4v) is 1.53. The predicted molar refractivity (Wildman–Crippen MR) is 68.0 cm³/mol. The van der Waals surface area contributed by atoms with Crippen LogP contribution in [0.25, 0.3) is 0 Å². The van der Waals surface area contributed by atoms with Gasteiger partial charge in [-0.2, -0.15) is 0 Å². The molecule has 4 heteroatoms. The van der Waals surface area contributed by atoms with E-state index >= 15 is 0 Å². The van der Waals surface area contributed by atoms with Crippen LogP contribution in [0.15, 0.2) is 24.3 Å². The van der Waals surface area contributed by atoms with Crippen LogP contribution >= 0.6 is 0 Å². The van der Waals surface area contributed by atoms with Crippen LogP contribution < -0.4 is 11.1 Å². The van der Waals surface area contributed by atoms with Crippen LogP contribution in [0.3, 0.4) is 0 Å². The molecule has 0 fully saturated rings. The average Bonchev–Trinajstić information content (AvgIpc) is 2.38. The summed E-state index contributed by atoms with van der Waals surface area (Å²) in [6.45, 7) is 2.88. The zero-order valence-electron chi connectivity index (χ0n) is 10.4. The molecule has 0 radical (unpaired) electrons. The Bertz CT molecular complexity index is 349. The second-order valence-corrected chi connectivity index (χ2v) is 3.91. The van der Waals surface area contributed by atoms with Crippen molar-refractivity contribution in [3.63, 3.8) is 0 Å². The highest BCUT2D eigenvalue weighted by Gasteiger charge is 2.11. The number of hydrogen-bond donors (Lipinski definition) is 2. The highest BCUT2D eigenvalue weighted by Crippen LogP contribution is 2.05. The van der Waals surface area contributed by atoms with Crippen LogP contribution in [0.5, 0.6) is 0 Å². The Kier molecular flexibility index (Phi) is 5.66. The molecule has 0 saturated heterocycles. The third-order valence-electron chi connectivity index (χ3n) is 2.61. The molecular formula is C13H20N2O2. The van der Waals surface area contributed by atoms with Gasteiger partial charge in [0, 0.05) is 19.2 Å². The number of carbonyl (C=O) groups excluding carboxylic acids is 1. The zero-order valence-corrected chi connectivity index (χ0v) is 10.4. The first-order chi connectivity index (χ1) is 8.21. The fraction of sp³-hybridized carbons (Fsp3) is 0.462. The molecule has 17 heavy (non-hydrogen) atoms. The normalized spacial score (nSPS) is 12.2. The molecule has 0 bridgehead atoms. The number of ether oxygens (including phenoxy) is 1. The van der Waals surface area contributed by atoms with Crippen molar-refractivity contribution in [2.24, 2.45) is 5.73 Å². The van der Waals surface area contributed by atoms with E-state index in [2.05, 4.69) is 12.2 Å². The second-order valence-electron chi connectivity index (χ2n) is 3.91. The number of amides is 1.